The summed E-state index contributed by atoms with van der Waals surface area (Å²) in [6.07, 6.45) is 2.48. The highest BCUT2D eigenvalue weighted by atomic mass is 35.5. The number of pyridine rings is 2. The van der Waals surface area contributed by atoms with Gasteiger partial charge in [-0.1, -0.05) is 42.8 Å². The number of benzene rings is 2. The van der Waals surface area contributed by atoms with Crippen LogP contribution in [0.25, 0.3) is 11.0 Å². The monoisotopic (exact) mass is 581 g/mol. The number of methoxy groups -OCH3 is 2. The molecule has 0 radical (unpaired) electrons. The van der Waals surface area contributed by atoms with Crippen LogP contribution in [0.1, 0.15) is 29.3 Å². The number of nitrogens with zero attached hydrogens (tertiary/aromatic N) is 7. The van der Waals surface area contributed by atoms with Crippen LogP contribution in [0.2, 0.25) is 5.15 Å². The van der Waals surface area contributed by atoms with Crippen molar-refractivity contribution in [2.75, 3.05) is 31.1 Å². The summed E-state index contributed by atoms with van der Waals surface area (Å²) in [6, 6.07) is 21.9. The van der Waals surface area contributed by atoms with Gasteiger partial charge in [0.05, 0.1) is 31.8 Å². The molecule has 0 saturated carbocycles. The summed E-state index contributed by atoms with van der Waals surface area (Å²) in [5, 5.41) is 9.69. The largest absolute Gasteiger partial charge is 0.497 e. The lowest BCUT2D eigenvalue weighted by Gasteiger charge is -2.28. The fourth-order valence-corrected chi connectivity index (χ4v) is 5.29. The molecule has 0 N–H and O–H groups in total. The molecule has 0 atom stereocenters. The third-order valence-electron chi connectivity index (χ3n) is 7.25. The molecule has 0 saturated heterocycles. The SMILES string of the molecule is CCc1cc(C#N)nc(Cl)c1N(C)c1cc2c(ncn2C)c(N(Cc2ccc(OC)cc2)Cc2ccc(OC)cc2)n1. The Morgan fingerprint density at radius 3 is 2.05 bits per heavy atom. The number of aryl methyl sites for hydroxylation is 2. The molecular weight excluding hydrogens is 550 g/mol. The van der Waals surface area contributed by atoms with Gasteiger partial charge in [-0.15, -0.1) is 0 Å². The quantitative estimate of drug-likeness (QED) is 0.174. The molecule has 3 heterocycles. The number of rotatable bonds is 10. The van der Waals surface area contributed by atoms with Gasteiger partial charge in [0, 0.05) is 33.3 Å². The van der Waals surface area contributed by atoms with Crippen LogP contribution in [-0.2, 0) is 26.6 Å². The number of nitriles is 1. The molecule has 214 valence electrons. The molecule has 0 bridgehead atoms. The Morgan fingerprint density at radius 1 is 0.929 bits per heavy atom. The van der Waals surface area contributed by atoms with E-state index in [1.807, 2.05) is 60.8 Å². The van der Waals surface area contributed by atoms with Crippen molar-refractivity contribution in [3.8, 4) is 17.6 Å². The van der Waals surface area contributed by atoms with Crippen LogP contribution in [-0.4, -0.2) is 40.8 Å². The number of ether oxygens (including phenoxy) is 2. The van der Waals surface area contributed by atoms with Gasteiger partial charge in [0.2, 0.25) is 0 Å². The molecule has 2 aromatic carbocycles. The van der Waals surface area contributed by atoms with E-state index in [-0.39, 0.29) is 10.8 Å². The van der Waals surface area contributed by atoms with Gasteiger partial charge in [-0.2, -0.15) is 5.26 Å². The van der Waals surface area contributed by atoms with E-state index in [4.69, 9.17) is 31.0 Å². The number of imidazole rings is 1. The Bertz CT molecular complexity index is 1700. The Balaban J connectivity index is 1.64. The van der Waals surface area contributed by atoms with Gasteiger partial charge in [0.1, 0.15) is 34.6 Å². The minimum atomic E-state index is 0.259. The van der Waals surface area contributed by atoms with E-state index >= 15 is 0 Å². The van der Waals surface area contributed by atoms with Crippen LogP contribution in [0, 0.1) is 11.3 Å². The summed E-state index contributed by atoms with van der Waals surface area (Å²) in [6.45, 7) is 3.20. The highest BCUT2D eigenvalue weighted by Gasteiger charge is 2.22. The molecule has 5 aromatic rings. The van der Waals surface area contributed by atoms with Gasteiger partial charge in [-0.3, -0.25) is 0 Å². The number of hydrogen-bond acceptors (Lipinski definition) is 8. The van der Waals surface area contributed by atoms with Gasteiger partial charge in [0.25, 0.3) is 0 Å². The second kappa shape index (κ2) is 12.4. The van der Waals surface area contributed by atoms with Crippen molar-refractivity contribution in [1.82, 2.24) is 19.5 Å². The first kappa shape index (κ1) is 28.7. The van der Waals surface area contributed by atoms with Crippen molar-refractivity contribution in [1.29, 1.82) is 5.26 Å². The van der Waals surface area contributed by atoms with Crippen LogP contribution < -0.4 is 19.3 Å². The second-order valence-electron chi connectivity index (χ2n) is 9.91. The van der Waals surface area contributed by atoms with Crippen LogP contribution in [0.15, 0.2) is 67.0 Å². The maximum absolute atomic E-state index is 9.43. The molecule has 42 heavy (non-hydrogen) atoms. The van der Waals surface area contributed by atoms with Gasteiger partial charge in [0.15, 0.2) is 11.0 Å². The molecule has 5 rings (SSSR count). The molecule has 0 unspecified atom stereocenters. The fourth-order valence-electron chi connectivity index (χ4n) is 4.95. The fraction of sp³-hybridized carbons (Fsp3) is 0.250. The van der Waals surface area contributed by atoms with Crippen LogP contribution in [0.3, 0.4) is 0 Å². The van der Waals surface area contributed by atoms with Gasteiger partial charge in [-0.05, 0) is 53.4 Å². The van der Waals surface area contributed by atoms with Crippen molar-refractivity contribution >= 4 is 40.0 Å². The third kappa shape index (κ3) is 5.80. The lowest BCUT2D eigenvalue weighted by molar-refractivity contribution is 0.414. The molecule has 9 nitrogen and oxygen atoms in total. The smallest absolute Gasteiger partial charge is 0.159 e. The number of fused-ring (bicyclic) bond motifs is 1. The Hall–Kier alpha value is -4.81. The van der Waals surface area contributed by atoms with Gasteiger partial charge < -0.3 is 23.8 Å². The van der Waals surface area contributed by atoms with Crippen LogP contribution in [0.4, 0.5) is 17.3 Å². The number of hydrogen-bond donors (Lipinski definition) is 0. The third-order valence-corrected chi connectivity index (χ3v) is 7.51. The van der Waals surface area contributed by atoms with E-state index < -0.39 is 0 Å². The molecule has 3 aromatic heterocycles. The number of halogens is 1. The summed E-state index contributed by atoms with van der Waals surface area (Å²) in [5.41, 5.74) is 5.83. The first-order valence-electron chi connectivity index (χ1n) is 13.5. The first-order valence-corrected chi connectivity index (χ1v) is 13.9. The minimum absolute atomic E-state index is 0.259. The van der Waals surface area contributed by atoms with Crippen molar-refractivity contribution < 1.29 is 9.47 Å². The summed E-state index contributed by atoms with van der Waals surface area (Å²) >= 11 is 6.65. The standard InChI is InChI=1S/C32H32ClN7O2/c1-6-23-15-24(17-34)36-31(33)30(23)39(3)28-16-27-29(35-20-38(27)2)32(37-28)40(18-21-7-11-25(41-4)12-8-21)19-22-9-13-26(42-5)14-10-22/h7-16,20H,6,18-19H2,1-5H3. The Kier molecular flexibility index (Phi) is 8.46. The number of aromatic nitrogens is 4. The molecule has 10 heteroatoms. The van der Waals surface area contributed by atoms with E-state index in [9.17, 15) is 5.26 Å². The molecular formula is C32H32ClN7O2. The lowest BCUT2D eigenvalue weighted by atomic mass is 10.1. The minimum Gasteiger partial charge on any atom is -0.497 e. The summed E-state index contributed by atoms with van der Waals surface area (Å²) in [4.78, 5) is 18.4. The van der Waals surface area contributed by atoms with Crippen molar-refractivity contribution in [3.63, 3.8) is 0 Å². The van der Waals surface area contributed by atoms with E-state index in [1.165, 1.54) is 0 Å². The highest BCUT2D eigenvalue weighted by molar-refractivity contribution is 6.32. The zero-order valence-electron chi connectivity index (χ0n) is 24.3. The summed E-state index contributed by atoms with van der Waals surface area (Å²) < 4.78 is 12.7. The number of anilines is 3. The molecule has 0 aliphatic rings. The maximum atomic E-state index is 9.43. The molecule has 0 amide bonds. The van der Waals surface area contributed by atoms with Crippen LogP contribution >= 0.6 is 11.6 Å². The zero-order valence-corrected chi connectivity index (χ0v) is 25.1. The molecule has 0 fully saturated rings. The predicted molar refractivity (Wildman–Crippen MR) is 166 cm³/mol. The molecule has 0 aliphatic heterocycles. The highest BCUT2D eigenvalue weighted by Crippen LogP contribution is 2.37. The topological polar surface area (TPSA) is 92.3 Å². The van der Waals surface area contributed by atoms with Gasteiger partial charge in [-0.25, -0.2) is 15.0 Å². The predicted octanol–water partition coefficient (Wildman–Crippen LogP) is 6.44. The van der Waals surface area contributed by atoms with E-state index in [1.54, 1.807) is 26.6 Å². The van der Waals surface area contributed by atoms with Crippen LogP contribution in [0.5, 0.6) is 11.5 Å². The normalized spacial score (nSPS) is 10.9. The molecule has 0 aliphatic carbocycles. The Labute approximate surface area is 250 Å². The summed E-state index contributed by atoms with van der Waals surface area (Å²) in [7, 11) is 7.20. The first-order chi connectivity index (χ1) is 20.3. The molecule has 0 spiro atoms. The Morgan fingerprint density at radius 2 is 1.52 bits per heavy atom. The van der Waals surface area contributed by atoms with E-state index in [0.717, 1.165) is 50.7 Å². The van der Waals surface area contributed by atoms with Crippen molar-refractivity contribution in [2.24, 2.45) is 7.05 Å². The average Bonchev–Trinajstić information content (AvgIpc) is 3.40. The average molecular weight is 582 g/mol. The maximum Gasteiger partial charge on any atom is 0.159 e. The summed E-state index contributed by atoms with van der Waals surface area (Å²) in [5.74, 6) is 3.01. The van der Waals surface area contributed by atoms with Crippen molar-refractivity contribution in [3.05, 3.63) is 94.5 Å². The zero-order chi connectivity index (χ0) is 29.8. The van der Waals surface area contributed by atoms with E-state index in [2.05, 4.69) is 40.2 Å². The van der Waals surface area contributed by atoms with Gasteiger partial charge >= 0.3 is 0 Å². The second-order valence-corrected chi connectivity index (χ2v) is 10.3. The lowest BCUT2D eigenvalue weighted by Crippen LogP contribution is -2.25. The van der Waals surface area contributed by atoms with Crippen molar-refractivity contribution in [2.45, 2.75) is 26.4 Å². The van der Waals surface area contributed by atoms with E-state index in [0.29, 0.717) is 25.3 Å².